The predicted octanol–water partition coefficient (Wildman–Crippen LogP) is 2.83. The monoisotopic (exact) mass is 308 g/mol. The Bertz CT molecular complexity index is 490. The van der Waals surface area contributed by atoms with E-state index in [1.165, 1.54) is 0 Å². The number of rotatable bonds is 5. The summed E-state index contributed by atoms with van der Waals surface area (Å²) in [4.78, 5) is 24.7. The van der Waals surface area contributed by atoms with E-state index in [0.29, 0.717) is 10.8 Å². The Morgan fingerprint density at radius 3 is 2.19 bits per heavy atom. The van der Waals surface area contributed by atoms with Gasteiger partial charge in [0.2, 0.25) is 5.91 Å². The molecule has 0 heterocycles. The molecule has 0 saturated carbocycles. The van der Waals surface area contributed by atoms with Crippen LogP contribution in [0.15, 0.2) is 29.2 Å². The second kappa shape index (κ2) is 7.50. The quantitative estimate of drug-likeness (QED) is 0.822. The minimum absolute atomic E-state index is 0.0153. The van der Waals surface area contributed by atoms with Crippen molar-refractivity contribution >= 4 is 23.6 Å². The molecular weight excluding hydrogens is 284 g/mol. The van der Waals surface area contributed by atoms with Crippen molar-refractivity contribution in [2.45, 2.75) is 50.3 Å². The number of carbonyl (C=O) groups is 2. The maximum Gasteiger partial charge on any atom is 0.251 e. The molecule has 21 heavy (non-hydrogen) atoms. The number of benzene rings is 1. The van der Waals surface area contributed by atoms with Crippen molar-refractivity contribution in [3.05, 3.63) is 29.8 Å². The highest BCUT2D eigenvalue weighted by Gasteiger charge is 2.14. The number of amides is 2. The molecule has 2 amide bonds. The SMILES string of the molecule is CC(C)Sc1ccc(C(=O)NCC(=O)NC(C)(C)C)cc1. The van der Waals surface area contributed by atoms with Gasteiger partial charge in [0.15, 0.2) is 0 Å². The number of thioether (sulfide) groups is 1. The highest BCUT2D eigenvalue weighted by molar-refractivity contribution is 7.99. The molecule has 4 nitrogen and oxygen atoms in total. The summed E-state index contributed by atoms with van der Waals surface area (Å²) in [5.74, 6) is -0.428. The van der Waals surface area contributed by atoms with E-state index in [1.54, 1.807) is 23.9 Å². The van der Waals surface area contributed by atoms with Gasteiger partial charge in [-0.05, 0) is 45.0 Å². The Hall–Kier alpha value is -1.49. The topological polar surface area (TPSA) is 58.2 Å². The van der Waals surface area contributed by atoms with Gasteiger partial charge in [-0.3, -0.25) is 9.59 Å². The third-order valence-corrected chi connectivity index (χ3v) is 3.43. The van der Waals surface area contributed by atoms with Gasteiger partial charge in [-0.1, -0.05) is 13.8 Å². The van der Waals surface area contributed by atoms with Gasteiger partial charge in [0, 0.05) is 21.2 Å². The highest BCUT2D eigenvalue weighted by Crippen LogP contribution is 2.22. The summed E-state index contributed by atoms with van der Waals surface area (Å²) in [6.45, 7) is 9.93. The van der Waals surface area contributed by atoms with Crippen LogP contribution in [0.2, 0.25) is 0 Å². The van der Waals surface area contributed by atoms with Crippen LogP contribution in [-0.2, 0) is 4.79 Å². The van der Waals surface area contributed by atoms with Crippen molar-refractivity contribution in [1.29, 1.82) is 0 Å². The zero-order chi connectivity index (χ0) is 16.0. The van der Waals surface area contributed by atoms with E-state index in [2.05, 4.69) is 24.5 Å². The Kier molecular flexibility index (Phi) is 6.27. The lowest BCUT2D eigenvalue weighted by atomic mass is 10.1. The molecule has 0 aliphatic carbocycles. The van der Waals surface area contributed by atoms with E-state index < -0.39 is 0 Å². The summed E-state index contributed by atoms with van der Waals surface area (Å²) in [6.07, 6.45) is 0. The summed E-state index contributed by atoms with van der Waals surface area (Å²) in [7, 11) is 0. The molecule has 0 bridgehead atoms. The van der Waals surface area contributed by atoms with E-state index in [9.17, 15) is 9.59 Å². The number of hydrogen-bond donors (Lipinski definition) is 2. The predicted molar refractivity (Wildman–Crippen MR) is 87.7 cm³/mol. The summed E-state index contributed by atoms with van der Waals surface area (Å²) < 4.78 is 0. The molecule has 2 N–H and O–H groups in total. The van der Waals surface area contributed by atoms with E-state index in [-0.39, 0.29) is 23.9 Å². The molecule has 0 spiro atoms. The molecule has 5 heteroatoms. The molecular formula is C16H24N2O2S. The summed E-state index contributed by atoms with van der Waals surface area (Å²) in [5.41, 5.74) is 0.268. The molecule has 1 aromatic rings. The van der Waals surface area contributed by atoms with Crippen LogP contribution < -0.4 is 10.6 Å². The summed E-state index contributed by atoms with van der Waals surface area (Å²) >= 11 is 1.75. The average molecular weight is 308 g/mol. The van der Waals surface area contributed by atoms with Gasteiger partial charge in [0.05, 0.1) is 6.54 Å². The lowest BCUT2D eigenvalue weighted by Gasteiger charge is -2.20. The zero-order valence-electron chi connectivity index (χ0n) is 13.3. The minimum Gasteiger partial charge on any atom is -0.350 e. The first-order chi connectivity index (χ1) is 9.67. The van der Waals surface area contributed by atoms with Gasteiger partial charge in [0.25, 0.3) is 5.91 Å². The van der Waals surface area contributed by atoms with Gasteiger partial charge in [-0.2, -0.15) is 0 Å². The van der Waals surface area contributed by atoms with Crippen molar-refractivity contribution in [3.8, 4) is 0 Å². The first kappa shape index (κ1) is 17.6. The van der Waals surface area contributed by atoms with E-state index >= 15 is 0 Å². The summed E-state index contributed by atoms with van der Waals surface area (Å²) in [6, 6.07) is 7.41. The first-order valence-corrected chi connectivity index (χ1v) is 7.91. The lowest BCUT2D eigenvalue weighted by molar-refractivity contribution is -0.121. The van der Waals surface area contributed by atoms with Crippen molar-refractivity contribution in [2.24, 2.45) is 0 Å². The second-order valence-corrected chi connectivity index (χ2v) is 7.82. The third kappa shape index (κ3) is 7.18. The molecule has 1 rings (SSSR count). The first-order valence-electron chi connectivity index (χ1n) is 7.03. The maximum absolute atomic E-state index is 12.0. The second-order valence-electron chi connectivity index (χ2n) is 6.17. The van der Waals surface area contributed by atoms with Crippen LogP contribution >= 0.6 is 11.8 Å². The Morgan fingerprint density at radius 1 is 1.14 bits per heavy atom. The highest BCUT2D eigenvalue weighted by atomic mass is 32.2. The van der Waals surface area contributed by atoms with Crippen LogP contribution in [0.25, 0.3) is 0 Å². The van der Waals surface area contributed by atoms with Gasteiger partial charge in [-0.25, -0.2) is 0 Å². The minimum atomic E-state index is -0.294. The van der Waals surface area contributed by atoms with Crippen LogP contribution in [0.5, 0.6) is 0 Å². The number of hydrogen-bond acceptors (Lipinski definition) is 3. The molecule has 1 aromatic carbocycles. The van der Waals surface area contributed by atoms with Crippen molar-refractivity contribution in [2.75, 3.05) is 6.54 Å². The largest absolute Gasteiger partial charge is 0.350 e. The molecule has 0 atom stereocenters. The standard InChI is InChI=1S/C16H24N2O2S/c1-11(2)21-13-8-6-12(7-9-13)15(20)17-10-14(19)18-16(3,4)5/h6-9,11H,10H2,1-5H3,(H,17,20)(H,18,19). The Balaban J connectivity index is 2.50. The van der Waals surface area contributed by atoms with E-state index in [4.69, 9.17) is 0 Å². The Labute approximate surface area is 131 Å². The molecule has 0 unspecified atom stereocenters. The number of carbonyl (C=O) groups excluding carboxylic acids is 2. The summed E-state index contributed by atoms with van der Waals surface area (Å²) in [5, 5.41) is 5.93. The van der Waals surface area contributed by atoms with Crippen LogP contribution in [-0.4, -0.2) is 29.1 Å². The molecule has 0 radical (unpaired) electrons. The van der Waals surface area contributed by atoms with Crippen LogP contribution in [0.4, 0.5) is 0 Å². The molecule has 0 aromatic heterocycles. The smallest absolute Gasteiger partial charge is 0.251 e. The van der Waals surface area contributed by atoms with Gasteiger partial charge >= 0.3 is 0 Å². The van der Waals surface area contributed by atoms with Crippen LogP contribution in [0.3, 0.4) is 0 Å². The van der Waals surface area contributed by atoms with Gasteiger partial charge < -0.3 is 10.6 Å². The number of nitrogens with one attached hydrogen (secondary N) is 2. The van der Waals surface area contributed by atoms with Crippen molar-refractivity contribution < 1.29 is 9.59 Å². The fourth-order valence-corrected chi connectivity index (χ4v) is 2.52. The molecule has 116 valence electrons. The van der Waals surface area contributed by atoms with Crippen molar-refractivity contribution in [1.82, 2.24) is 10.6 Å². The van der Waals surface area contributed by atoms with Gasteiger partial charge in [0.1, 0.15) is 0 Å². The van der Waals surface area contributed by atoms with Crippen LogP contribution in [0.1, 0.15) is 45.0 Å². The van der Waals surface area contributed by atoms with Crippen LogP contribution in [0, 0.1) is 0 Å². The molecule has 0 saturated heterocycles. The Morgan fingerprint density at radius 2 is 1.71 bits per heavy atom. The fraction of sp³-hybridized carbons (Fsp3) is 0.500. The van der Waals surface area contributed by atoms with E-state index in [0.717, 1.165) is 4.90 Å². The fourth-order valence-electron chi connectivity index (χ4n) is 1.68. The van der Waals surface area contributed by atoms with Crippen molar-refractivity contribution in [3.63, 3.8) is 0 Å². The normalized spacial score (nSPS) is 11.3. The third-order valence-electron chi connectivity index (χ3n) is 2.41. The average Bonchev–Trinajstić information content (AvgIpc) is 2.34. The molecule has 0 aliphatic heterocycles. The molecule has 0 fully saturated rings. The lowest BCUT2D eigenvalue weighted by Crippen LogP contribution is -2.45. The maximum atomic E-state index is 12.0. The van der Waals surface area contributed by atoms with E-state index in [1.807, 2.05) is 32.9 Å². The molecule has 0 aliphatic rings. The van der Waals surface area contributed by atoms with Gasteiger partial charge in [-0.15, -0.1) is 11.8 Å². The zero-order valence-corrected chi connectivity index (χ0v) is 14.1.